The first-order valence-electron chi connectivity index (χ1n) is 6.59. The molecule has 2 rings (SSSR count). The summed E-state index contributed by atoms with van der Waals surface area (Å²) in [6.07, 6.45) is 0.467. The van der Waals surface area contributed by atoms with Crippen LogP contribution >= 0.6 is 27.7 Å². The molecule has 3 N–H and O–H groups in total. The number of carbonyl (C=O) groups is 1. The Bertz CT molecular complexity index is 629. The number of rotatable bonds is 5. The number of anilines is 2. The molecule has 2 aromatic carbocycles. The molecule has 0 bridgehead atoms. The van der Waals surface area contributed by atoms with Crippen LogP contribution in [0, 0.1) is 6.92 Å². The fraction of sp³-hybridized carbons (Fsp3) is 0.188. The van der Waals surface area contributed by atoms with Gasteiger partial charge in [-0.1, -0.05) is 22.0 Å². The number of nitrogen functional groups attached to an aromatic ring is 1. The smallest absolute Gasteiger partial charge is 0.225 e. The number of benzene rings is 2. The highest BCUT2D eigenvalue weighted by atomic mass is 79.9. The summed E-state index contributed by atoms with van der Waals surface area (Å²) in [5.41, 5.74) is 8.18. The second-order valence-corrected chi connectivity index (χ2v) is 6.76. The van der Waals surface area contributed by atoms with Crippen LogP contribution in [0.1, 0.15) is 12.0 Å². The molecule has 0 unspecified atom stereocenters. The van der Waals surface area contributed by atoms with Crippen LogP contribution in [0.3, 0.4) is 0 Å². The first-order chi connectivity index (χ1) is 10.0. The number of nitrogens with two attached hydrogens (primary N) is 1. The summed E-state index contributed by atoms with van der Waals surface area (Å²) in [6, 6.07) is 13.6. The number of nitrogens with one attached hydrogen (secondary N) is 1. The molecule has 0 atom stereocenters. The summed E-state index contributed by atoms with van der Waals surface area (Å²) in [7, 11) is 0. The SMILES string of the molecule is Cc1ccc(N)cc1NC(=O)CCSc1ccc(Br)cc1. The van der Waals surface area contributed by atoms with E-state index < -0.39 is 0 Å². The molecule has 110 valence electrons. The van der Waals surface area contributed by atoms with Gasteiger partial charge in [0.25, 0.3) is 0 Å². The number of halogens is 1. The van der Waals surface area contributed by atoms with E-state index in [1.165, 1.54) is 0 Å². The second-order valence-electron chi connectivity index (χ2n) is 4.67. The summed E-state index contributed by atoms with van der Waals surface area (Å²) in [6.45, 7) is 1.95. The van der Waals surface area contributed by atoms with Crippen molar-refractivity contribution in [3.63, 3.8) is 0 Å². The van der Waals surface area contributed by atoms with E-state index in [0.717, 1.165) is 26.4 Å². The third-order valence-electron chi connectivity index (χ3n) is 2.95. The maximum atomic E-state index is 11.9. The van der Waals surface area contributed by atoms with Crippen molar-refractivity contribution in [3.05, 3.63) is 52.5 Å². The molecule has 5 heteroatoms. The zero-order valence-electron chi connectivity index (χ0n) is 11.7. The van der Waals surface area contributed by atoms with Crippen LogP contribution in [0.4, 0.5) is 11.4 Å². The highest BCUT2D eigenvalue weighted by Gasteiger charge is 2.05. The van der Waals surface area contributed by atoms with E-state index in [0.29, 0.717) is 12.1 Å². The van der Waals surface area contributed by atoms with Crippen molar-refractivity contribution in [1.82, 2.24) is 0 Å². The van der Waals surface area contributed by atoms with Crippen molar-refractivity contribution >= 4 is 45.0 Å². The Morgan fingerprint density at radius 2 is 1.95 bits per heavy atom. The molecule has 3 nitrogen and oxygen atoms in total. The van der Waals surface area contributed by atoms with Crippen LogP contribution in [0.25, 0.3) is 0 Å². The first-order valence-corrected chi connectivity index (χ1v) is 8.37. The lowest BCUT2D eigenvalue weighted by Gasteiger charge is -2.09. The highest BCUT2D eigenvalue weighted by molar-refractivity contribution is 9.10. The quantitative estimate of drug-likeness (QED) is 0.608. The van der Waals surface area contributed by atoms with Crippen LogP contribution in [-0.2, 0) is 4.79 Å². The topological polar surface area (TPSA) is 55.1 Å². The van der Waals surface area contributed by atoms with Gasteiger partial charge in [0.2, 0.25) is 5.91 Å². The van der Waals surface area contributed by atoms with Gasteiger partial charge in [0.05, 0.1) is 0 Å². The number of carbonyl (C=O) groups excluding carboxylic acids is 1. The van der Waals surface area contributed by atoms with Crippen molar-refractivity contribution < 1.29 is 4.79 Å². The Morgan fingerprint density at radius 1 is 1.24 bits per heavy atom. The average Bonchev–Trinajstić information content (AvgIpc) is 2.45. The number of aryl methyl sites for hydroxylation is 1. The molecule has 0 aliphatic rings. The van der Waals surface area contributed by atoms with E-state index >= 15 is 0 Å². The van der Waals surface area contributed by atoms with Crippen molar-refractivity contribution in [1.29, 1.82) is 0 Å². The van der Waals surface area contributed by atoms with E-state index in [-0.39, 0.29) is 5.91 Å². The number of hydrogen-bond acceptors (Lipinski definition) is 3. The molecule has 0 spiro atoms. The van der Waals surface area contributed by atoms with Crippen LogP contribution < -0.4 is 11.1 Å². The van der Waals surface area contributed by atoms with Crippen LogP contribution in [-0.4, -0.2) is 11.7 Å². The molecular formula is C16H17BrN2OS. The maximum absolute atomic E-state index is 11.9. The summed E-state index contributed by atoms with van der Waals surface area (Å²) in [4.78, 5) is 13.1. The fourth-order valence-corrected chi connectivity index (χ4v) is 2.90. The van der Waals surface area contributed by atoms with Gasteiger partial charge in [-0.05, 0) is 48.9 Å². The predicted molar refractivity (Wildman–Crippen MR) is 93.7 cm³/mol. The summed E-state index contributed by atoms with van der Waals surface area (Å²) < 4.78 is 1.06. The Morgan fingerprint density at radius 3 is 2.67 bits per heavy atom. The van der Waals surface area contributed by atoms with Crippen molar-refractivity contribution in [2.45, 2.75) is 18.2 Å². The Labute approximate surface area is 137 Å². The van der Waals surface area contributed by atoms with Gasteiger partial charge in [-0.25, -0.2) is 0 Å². The molecular weight excluding hydrogens is 348 g/mol. The maximum Gasteiger partial charge on any atom is 0.225 e. The van der Waals surface area contributed by atoms with Gasteiger partial charge in [-0.2, -0.15) is 0 Å². The highest BCUT2D eigenvalue weighted by Crippen LogP contribution is 2.22. The summed E-state index contributed by atoms with van der Waals surface area (Å²) >= 11 is 5.07. The molecule has 0 aliphatic carbocycles. The zero-order valence-corrected chi connectivity index (χ0v) is 14.1. The molecule has 21 heavy (non-hydrogen) atoms. The molecule has 0 saturated heterocycles. The van der Waals surface area contributed by atoms with Crippen LogP contribution in [0.5, 0.6) is 0 Å². The lowest BCUT2D eigenvalue weighted by molar-refractivity contribution is -0.115. The summed E-state index contributed by atoms with van der Waals surface area (Å²) in [5.74, 6) is 0.753. The minimum Gasteiger partial charge on any atom is -0.399 e. The van der Waals surface area contributed by atoms with Crippen molar-refractivity contribution in [3.8, 4) is 0 Å². The number of thioether (sulfide) groups is 1. The van der Waals surface area contributed by atoms with E-state index in [9.17, 15) is 4.79 Å². The van der Waals surface area contributed by atoms with Gasteiger partial charge in [0.1, 0.15) is 0 Å². The van der Waals surface area contributed by atoms with Gasteiger partial charge < -0.3 is 11.1 Å². The molecule has 1 amide bonds. The van der Waals surface area contributed by atoms with Crippen LogP contribution in [0.2, 0.25) is 0 Å². The standard InChI is InChI=1S/C16H17BrN2OS/c1-11-2-5-13(18)10-15(11)19-16(20)8-9-21-14-6-3-12(17)4-7-14/h2-7,10H,8-9,18H2,1H3,(H,19,20). The van der Waals surface area contributed by atoms with Gasteiger partial charge in [-0.3, -0.25) is 4.79 Å². The molecule has 0 heterocycles. The van der Waals surface area contributed by atoms with Crippen molar-refractivity contribution in [2.24, 2.45) is 0 Å². The first kappa shape index (κ1) is 15.9. The van der Waals surface area contributed by atoms with E-state index in [1.807, 2.05) is 43.3 Å². The van der Waals surface area contributed by atoms with E-state index in [1.54, 1.807) is 17.8 Å². The van der Waals surface area contributed by atoms with Gasteiger partial charge in [0, 0.05) is 32.9 Å². The lowest BCUT2D eigenvalue weighted by Crippen LogP contribution is -2.13. The molecule has 0 radical (unpaired) electrons. The molecule has 0 saturated carbocycles. The predicted octanol–water partition coefficient (Wildman–Crippen LogP) is 4.46. The Kier molecular flexibility index (Phi) is 5.70. The molecule has 0 aliphatic heterocycles. The molecule has 0 fully saturated rings. The minimum absolute atomic E-state index is 0.00770. The van der Waals surface area contributed by atoms with E-state index in [2.05, 4.69) is 21.2 Å². The number of amides is 1. The number of hydrogen-bond donors (Lipinski definition) is 2. The third-order valence-corrected chi connectivity index (χ3v) is 4.49. The molecule has 2 aromatic rings. The second kappa shape index (κ2) is 7.52. The van der Waals surface area contributed by atoms with Gasteiger partial charge >= 0.3 is 0 Å². The normalized spacial score (nSPS) is 10.4. The summed E-state index contributed by atoms with van der Waals surface area (Å²) in [5, 5.41) is 2.91. The van der Waals surface area contributed by atoms with Gasteiger partial charge in [-0.15, -0.1) is 11.8 Å². The Balaban J connectivity index is 1.82. The monoisotopic (exact) mass is 364 g/mol. The van der Waals surface area contributed by atoms with Crippen molar-refractivity contribution in [2.75, 3.05) is 16.8 Å². The largest absolute Gasteiger partial charge is 0.399 e. The third kappa shape index (κ3) is 5.10. The van der Waals surface area contributed by atoms with Crippen LogP contribution in [0.15, 0.2) is 51.8 Å². The zero-order chi connectivity index (χ0) is 15.2. The average molecular weight is 365 g/mol. The Hall–Kier alpha value is -1.46. The minimum atomic E-state index is 0.00770. The van der Waals surface area contributed by atoms with Gasteiger partial charge in [0.15, 0.2) is 0 Å². The van der Waals surface area contributed by atoms with E-state index in [4.69, 9.17) is 5.73 Å². The lowest BCUT2D eigenvalue weighted by atomic mass is 10.2. The molecule has 0 aromatic heterocycles. The fourth-order valence-electron chi connectivity index (χ4n) is 1.78.